The van der Waals surface area contributed by atoms with E-state index in [0.717, 1.165) is 5.92 Å². The van der Waals surface area contributed by atoms with Crippen LogP contribution in [0.25, 0.3) is 0 Å². The normalized spacial score (nSPS) is 27.5. The summed E-state index contributed by atoms with van der Waals surface area (Å²) in [6, 6.07) is 4.95. The summed E-state index contributed by atoms with van der Waals surface area (Å²) in [5, 5.41) is 0.514. The molecule has 0 N–H and O–H groups in total. The predicted octanol–water partition coefficient (Wildman–Crippen LogP) is 2.78. The molecule has 1 aromatic rings. The standard InChI is InChI=1S/C12H18N2S/c1-9(2)11-8-15-12(14(11)3)10-4-6-13-7-5-10/h4-7,9,11-12H,8H2,1-3H3/t11-,12?/m0/s1. The van der Waals surface area contributed by atoms with E-state index >= 15 is 0 Å². The van der Waals surface area contributed by atoms with Gasteiger partial charge in [0.05, 0.1) is 5.37 Å². The lowest BCUT2D eigenvalue weighted by atomic mass is 10.0. The Hall–Kier alpha value is -0.540. The van der Waals surface area contributed by atoms with Crippen LogP contribution in [-0.2, 0) is 0 Å². The summed E-state index contributed by atoms with van der Waals surface area (Å²) in [4.78, 5) is 6.56. The van der Waals surface area contributed by atoms with Crippen molar-refractivity contribution < 1.29 is 0 Å². The lowest BCUT2D eigenvalue weighted by Gasteiger charge is -2.27. The Morgan fingerprint density at radius 1 is 1.40 bits per heavy atom. The van der Waals surface area contributed by atoms with Gasteiger partial charge in [0.15, 0.2) is 0 Å². The number of aromatic nitrogens is 1. The van der Waals surface area contributed by atoms with Gasteiger partial charge in [-0.3, -0.25) is 9.88 Å². The topological polar surface area (TPSA) is 16.1 Å². The Morgan fingerprint density at radius 2 is 2.07 bits per heavy atom. The second kappa shape index (κ2) is 4.54. The van der Waals surface area contributed by atoms with Crippen LogP contribution < -0.4 is 0 Å². The smallest absolute Gasteiger partial charge is 0.0816 e. The van der Waals surface area contributed by atoms with Crippen molar-refractivity contribution in [3.8, 4) is 0 Å². The largest absolute Gasteiger partial charge is 0.287 e. The van der Waals surface area contributed by atoms with Crippen molar-refractivity contribution in [2.45, 2.75) is 25.3 Å². The van der Waals surface area contributed by atoms with E-state index in [2.05, 4.69) is 42.9 Å². The molecule has 1 fully saturated rings. The molecule has 0 saturated carbocycles. The molecular weight excluding hydrogens is 204 g/mol. The third-order valence-corrected chi connectivity index (χ3v) is 4.53. The van der Waals surface area contributed by atoms with Crippen LogP contribution >= 0.6 is 11.8 Å². The quantitative estimate of drug-likeness (QED) is 0.765. The van der Waals surface area contributed by atoms with Gasteiger partial charge in [0.2, 0.25) is 0 Å². The van der Waals surface area contributed by atoms with Crippen molar-refractivity contribution in [1.29, 1.82) is 0 Å². The summed E-state index contributed by atoms with van der Waals surface area (Å²) in [5.74, 6) is 1.97. The van der Waals surface area contributed by atoms with Crippen LogP contribution in [0.15, 0.2) is 24.5 Å². The third-order valence-electron chi connectivity index (χ3n) is 3.08. The van der Waals surface area contributed by atoms with E-state index in [1.165, 1.54) is 11.3 Å². The predicted molar refractivity (Wildman–Crippen MR) is 65.8 cm³/mol. The molecule has 1 aliphatic rings. The highest BCUT2D eigenvalue weighted by molar-refractivity contribution is 7.99. The highest BCUT2D eigenvalue weighted by Gasteiger charge is 2.33. The van der Waals surface area contributed by atoms with Gasteiger partial charge in [0.1, 0.15) is 0 Å². The Morgan fingerprint density at radius 3 is 2.60 bits per heavy atom. The summed E-state index contributed by atoms with van der Waals surface area (Å²) in [5.41, 5.74) is 1.38. The van der Waals surface area contributed by atoms with Gasteiger partial charge in [-0.05, 0) is 30.7 Å². The summed E-state index contributed by atoms with van der Waals surface area (Å²) in [6.07, 6.45) is 3.76. The molecule has 0 amide bonds. The monoisotopic (exact) mass is 222 g/mol. The number of rotatable bonds is 2. The van der Waals surface area contributed by atoms with Crippen LogP contribution in [0.5, 0.6) is 0 Å². The Kier molecular flexibility index (Phi) is 3.32. The highest BCUT2D eigenvalue weighted by atomic mass is 32.2. The second-order valence-electron chi connectivity index (χ2n) is 4.44. The number of hydrogen-bond acceptors (Lipinski definition) is 3. The number of nitrogens with zero attached hydrogens (tertiary/aromatic N) is 2. The fourth-order valence-corrected chi connectivity index (χ4v) is 3.86. The van der Waals surface area contributed by atoms with Gasteiger partial charge in [-0.1, -0.05) is 13.8 Å². The first-order chi connectivity index (χ1) is 7.20. The molecule has 1 aromatic heterocycles. The van der Waals surface area contributed by atoms with Crippen molar-refractivity contribution in [3.63, 3.8) is 0 Å². The molecule has 15 heavy (non-hydrogen) atoms. The van der Waals surface area contributed by atoms with Crippen LogP contribution in [0, 0.1) is 5.92 Å². The molecule has 0 aromatic carbocycles. The molecule has 0 radical (unpaired) electrons. The Bertz CT molecular complexity index is 313. The maximum atomic E-state index is 4.07. The Balaban J connectivity index is 2.14. The van der Waals surface area contributed by atoms with Crippen molar-refractivity contribution in [1.82, 2.24) is 9.88 Å². The van der Waals surface area contributed by atoms with E-state index in [-0.39, 0.29) is 0 Å². The van der Waals surface area contributed by atoms with Crippen LogP contribution in [0.1, 0.15) is 24.8 Å². The summed E-state index contributed by atoms with van der Waals surface area (Å²) in [7, 11) is 2.23. The molecule has 82 valence electrons. The fourth-order valence-electron chi connectivity index (χ4n) is 2.12. The molecule has 1 aliphatic heterocycles. The van der Waals surface area contributed by atoms with Crippen molar-refractivity contribution in [2.75, 3.05) is 12.8 Å². The van der Waals surface area contributed by atoms with Gasteiger partial charge in [-0.25, -0.2) is 0 Å². The lowest BCUT2D eigenvalue weighted by molar-refractivity contribution is 0.216. The zero-order valence-electron chi connectivity index (χ0n) is 9.55. The first-order valence-corrected chi connectivity index (χ1v) is 6.48. The van der Waals surface area contributed by atoms with E-state index in [1.807, 2.05) is 24.2 Å². The molecule has 2 heterocycles. The zero-order chi connectivity index (χ0) is 10.8. The second-order valence-corrected chi connectivity index (χ2v) is 5.56. The average molecular weight is 222 g/mol. The summed E-state index contributed by atoms with van der Waals surface area (Å²) in [6.45, 7) is 4.60. The molecule has 1 unspecified atom stereocenters. The molecular formula is C12H18N2S. The molecule has 0 spiro atoms. The van der Waals surface area contributed by atoms with Crippen LogP contribution in [-0.4, -0.2) is 28.7 Å². The zero-order valence-corrected chi connectivity index (χ0v) is 10.4. The van der Waals surface area contributed by atoms with Gasteiger partial charge in [-0.2, -0.15) is 0 Å². The van der Waals surface area contributed by atoms with Crippen molar-refractivity contribution in [3.05, 3.63) is 30.1 Å². The minimum absolute atomic E-state index is 0.514. The van der Waals surface area contributed by atoms with Crippen LogP contribution in [0.2, 0.25) is 0 Å². The lowest BCUT2D eigenvalue weighted by Crippen LogP contribution is -2.33. The van der Waals surface area contributed by atoms with E-state index in [1.54, 1.807) is 0 Å². The minimum Gasteiger partial charge on any atom is -0.287 e. The summed E-state index contributed by atoms with van der Waals surface area (Å²) < 4.78 is 0. The molecule has 0 aliphatic carbocycles. The maximum Gasteiger partial charge on any atom is 0.0816 e. The third kappa shape index (κ3) is 2.18. The van der Waals surface area contributed by atoms with E-state index in [4.69, 9.17) is 0 Å². The number of thioether (sulfide) groups is 1. The SMILES string of the molecule is CC(C)[C@@H]1CSC(c2ccncc2)N1C. The first kappa shape index (κ1) is 11.0. The molecule has 2 atom stereocenters. The summed E-state index contributed by atoms with van der Waals surface area (Å²) >= 11 is 2.04. The van der Waals surface area contributed by atoms with Gasteiger partial charge in [0, 0.05) is 24.2 Å². The molecule has 2 rings (SSSR count). The molecule has 0 bridgehead atoms. The first-order valence-electron chi connectivity index (χ1n) is 5.43. The molecule has 1 saturated heterocycles. The average Bonchev–Trinajstić information content (AvgIpc) is 2.61. The van der Waals surface area contributed by atoms with Gasteiger partial charge in [0.25, 0.3) is 0 Å². The van der Waals surface area contributed by atoms with E-state index in [9.17, 15) is 0 Å². The Labute approximate surface area is 96.1 Å². The molecule has 3 heteroatoms. The van der Waals surface area contributed by atoms with Gasteiger partial charge in [-0.15, -0.1) is 11.8 Å². The van der Waals surface area contributed by atoms with Gasteiger partial charge >= 0.3 is 0 Å². The maximum absolute atomic E-state index is 4.07. The number of pyridine rings is 1. The van der Waals surface area contributed by atoms with Crippen LogP contribution in [0.4, 0.5) is 0 Å². The van der Waals surface area contributed by atoms with E-state index < -0.39 is 0 Å². The minimum atomic E-state index is 0.514. The number of hydrogen-bond donors (Lipinski definition) is 0. The van der Waals surface area contributed by atoms with Gasteiger partial charge < -0.3 is 0 Å². The molecule has 2 nitrogen and oxygen atoms in total. The van der Waals surface area contributed by atoms with Crippen LogP contribution in [0.3, 0.4) is 0 Å². The highest BCUT2D eigenvalue weighted by Crippen LogP contribution is 2.41. The van der Waals surface area contributed by atoms with E-state index in [0.29, 0.717) is 11.4 Å². The van der Waals surface area contributed by atoms with Crippen molar-refractivity contribution >= 4 is 11.8 Å². The van der Waals surface area contributed by atoms with Crippen molar-refractivity contribution in [2.24, 2.45) is 5.92 Å². The fraction of sp³-hybridized carbons (Fsp3) is 0.583.